The summed E-state index contributed by atoms with van der Waals surface area (Å²) in [5.41, 5.74) is 0. The van der Waals surface area contributed by atoms with Gasteiger partial charge in [-0.25, -0.2) is 4.98 Å². The zero-order chi connectivity index (χ0) is 13.5. The summed E-state index contributed by atoms with van der Waals surface area (Å²) in [6.45, 7) is 6.32. The van der Waals surface area contributed by atoms with Gasteiger partial charge in [0.15, 0.2) is 11.6 Å². The van der Waals surface area contributed by atoms with Gasteiger partial charge in [0, 0.05) is 12.2 Å². The number of aromatic nitrogens is 1. The molecule has 0 unspecified atom stereocenters. The van der Waals surface area contributed by atoms with Crippen LogP contribution in [0.5, 0.6) is 5.75 Å². The second-order valence-corrected chi connectivity index (χ2v) is 4.06. The molecular formula is C13H20N2O3. The number of carbonyl (C=O) groups excluding carboxylic acids is 1. The number of rotatable bonds is 6. The Balaban J connectivity index is 2.94. The average molecular weight is 252 g/mol. The van der Waals surface area contributed by atoms with E-state index in [0.717, 1.165) is 0 Å². The highest BCUT2D eigenvalue weighted by Gasteiger charge is 2.19. The predicted octanol–water partition coefficient (Wildman–Crippen LogP) is 1.87. The number of esters is 1. The lowest BCUT2D eigenvalue weighted by molar-refractivity contribution is -0.141. The Bertz CT molecular complexity index is 394. The Hall–Kier alpha value is -1.78. The van der Waals surface area contributed by atoms with E-state index in [1.54, 1.807) is 26.3 Å². The van der Waals surface area contributed by atoms with Crippen LogP contribution < -0.4 is 9.64 Å². The maximum Gasteiger partial charge on any atom is 0.325 e. The van der Waals surface area contributed by atoms with Gasteiger partial charge < -0.3 is 14.4 Å². The number of hydrogen-bond donors (Lipinski definition) is 0. The van der Waals surface area contributed by atoms with Gasteiger partial charge in [-0.2, -0.15) is 0 Å². The third kappa shape index (κ3) is 3.61. The molecule has 0 N–H and O–H groups in total. The summed E-state index contributed by atoms with van der Waals surface area (Å²) >= 11 is 0. The Labute approximate surface area is 108 Å². The van der Waals surface area contributed by atoms with Gasteiger partial charge in [0.1, 0.15) is 6.54 Å². The molecule has 100 valence electrons. The Morgan fingerprint density at radius 1 is 1.50 bits per heavy atom. The minimum Gasteiger partial charge on any atom is -0.493 e. The standard InChI is InChI=1S/C13H20N2O3/c1-5-18-12(16)9-15(10(2)3)13-11(17-4)7-6-8-14-13/h6-8,10H,5,9H2,1-4H3. The molecule has 1 aromatic rings. The number of hydrogen-bond acceptors (Lipinski definition) is 5. The molecule has 0 fully saturated rings. The third-order valence-electron chi connectivity index (χ3n) is 2.47. The summed E-state index contributed by atoms with van der Waals surface area (Å²) in [5.74, 6) is 1.04. The monoisotopic (exact) mass is 252 g/mol. The van der Waals surface area contributed by atoms with Crippen molar-refractivity contribution in [2.75, 3.05) is 25.2 Å². The fourth-order valence-electron chi connectivity index (χ4n) is 1.60. The van der Waals surface area contributed by atoms with Crippen molar-refractivity contribution in [1.29, 1.82) is 0 Å². The van der Waals surface area contributed by atoms with Gasteiger partial charge in [-0.3, -0.25) is 4.79 Å². The predicted molar refractivity (Wildman–Crippen MR) is 69.9 cm³/mol. The Morgan fingerprint density at radius 2 is 2.22 bits per heavy atom. The van der Waals surface area contributed by atoms with Crippen molar-refractivity contribution in [3.8, 4) is 5.75 Å². The van der Waals surface area contributed by atoms with Crippen LogP contribution in [0.2, 0.25) is 0 Å². The maximum absolute atomic E-state index is 11.6. The molecule has 5 heteroatoms. The summed E-state index contributed by atoms with van der Waals surface area (Å²) < 4.78 is 10.2. The lowest BCUT2D eigenvalue weighted by Crippen LogP contribution is -2.37. The first kappa shape index (κ1) is 14.3. The molecule has 0 aliphatic rings. The van der Waals surface area contributed by atoms with E-state index < -0.39 is 0 Å². The van der Waals surface area contributed by atoms with Crippen LogP contribution in [0.25, 0.3) is 0 Å². The largest absolute Gasteiger partial charge is 0.493 e. The van der Waals surface area contributed by atoms with Gasteiger partial charge in [0.25, 0.3) is 0 Å². The zero-order valence-electron chi connectivity index (χ0n) is 11.3. The Kier molecular flexibility index (Phi) is 5.42. The highest BCUT2D eigenvalue weighted by atomic mass is 16.5. The molecule has 0 spiro atoms. The summed E-state index contributed by atoms with van der Waals surface area (Å²) in [6.07, 6.45) is 1.68. The van der Waals surface area contributed by atoms with Crippen molar-refractivity contribution in [3.63, 3.8) is 0 Å². The highest BCUT2D eigenvalue weighted by molar-refractivity contribution is 5.76. The quantitative estimate of drug-likeness (QED) is 0.723. The first-order chi connectivity index (χ1) is 8.60. The molecule has 0 aliphatic carbocycles. The molecule has 18 heavy (non-hydrogen) atoms. The van der Waals surface area contributed by atoms with E-state index in [1.165, 1.54) is 0 Å². The smallest absolute Gasteiger partial charge is 0.325 e. The summed E-state index contributed by atoms with van der Waals surface area (Å²) in [4.78, 5) is 17.7. The van der Waals surface area contributed by atoms with Crippen molar-refractivity contribution >= 4 is 11.8 Å². The zero-order valence-corrected chi connectivity index (χ0v) is 11.3. The van der Waals surface area contributed by atoms with Crippen LogP contribution in [0, 0.1) is 0 Å². The molecule has 0 radical (unpaired) electrons. The first-order valence-corrected chi connectivity index (χ1v) is 6.01. The second-order valence-electron chi connectivity index (χ2n) is 4.06. The number of anilines is 1. The van der Waals surface area contributed by atoms with Crippen molar-refractivity contribution in [2.45, 2.75) is 26.8 Å². The van der Waals surface area contributed by atoms with Gasteiger partial charge in [-0.1, -0.05) is 0 Å². The maximum atomic E-state index is 11.6. The van der Waals surface area contributed by atoms with E-state index >= 15 is 0 Å². The van der Waals surface area contributed by atoms with Crippen LogP contribution in [0.3, 0.4) is 0 Å². The topological polar surface area (TPSA) is 51.7 Å². The SMILES string of the molecule is CCOC(=O)CN(c1ncccc1OC)C(C)C. The molecule has 1 rings (SSSR count). The van der Waals surface area contributed by atoms with Crippen LogP contribution in [0.1, 0.15) is 20.8 Å². The van der Waals surface area contributed by atoms with Crippen LogP contribution >= 0.6 is 0 Å². The number of nitrogens with zero attached hydrogens (tertiary/aromatic N) is 2. The highest BCUT2D eigenvalue weighted by Crippen LogP contribution is 2.26. The van der Waals surface area contributed by atoms with Crippen molar-refractivity contribution < 1.29 is 14.3 Å². The molecule has 0 atom stereocenters. The average Bonchev–Trinajstić information content (AvgIpc) is 2.36. The third-order valence-corrected chi connectivity index (χ3v) is 2.47. The molecule has 0 saturated carbocycles. The fourth-order valence-corrected chi connectivity index (χ4v) is 1.60. The van der Waals surface area contributed by atoms with E-state index in [4.69, 9.17) is 9.47 Å². The van der Waals surface area contributed by atoms with Crippen LogP contribution in [0.15, 0.2) is 18.3 Å². The Morgan fingerprint density at radius 3 is 2.78 bits per heavy atom. The number of pyridine rings is 1. The van der Waals surface area contributed by atoms with Gasteiger partial charge in [0.2, 0.25) is 0 Å². The number of ether oxygens (including phenoxy) is 2. The fraction of sp³-hybridized carbons (Fsp3) is 0.538. The van der Waals surface area contributed by atoms with Crippen LogP contribution in [0.4, 0.5) is 5.82 Å². The van der Waals surface area contributed by atoms with Gasteiger partial charge >= 0.3 is 5.97 Å². The molecule has 0 aromatic carbocycles. The lowest BCUT2D eigenvalue weighted by atomic mass is 10.3. The van der Waals surface area contributed by atoms with E-state index in [-0.39, 0.29) is 18.6 Å². The molecular weight excluding hydrogens is 232 g/mol. The van der Waals surface area contributed by atoms with Crippen LogP contribution in [-0.4, -0.2) is 37.3 Å². The summed E-state index contributed by atoms with van der Waals surface area (Å²) in [6, 6.07) is 3.74. The first-order valence-electron chi connectivity index (χ1n) is 6.01. The van der Waals surface area contributed by atoms with E-state index in [2.05, 4.69) is 4.98 Å². The van der Waals surface area contributed by atoms with E-state index in [0.29, 0.717) is 18.2 Å². The van der Waals surface area contributed by atoms with Crippen molar-refractivity contribution in [3.05, 3.63) is 18.3 Å². The molecule has 0 amide bonds. The number of methoxy groups -OCH3 is 1. The van der Waals surface area contributed by atoms with E-state index in [9.17, 15) is 4.79 Å². The lowest BCUT2D eigenvalue weighted by Gasteiger charge is -2.27. The number of carbonyl (C=O) groups is 1. The molecule has 0 aliphatic heterocycles. The normalized spacial score (nSPS) is 10.3. The molecule has 0 saturated heterocycles. The minimum atomic E-state index is -0.265. The summed E-state index contributed by atoms with van der Waals surface area (Å²) in [5, 5.41) is 0. The van der Waals surface area contributed by atoms with Gasteiger partial charge in [-0.05, 0) is 32.9 Å². The van der Waals surface area contributed by atoms with E-state index in [1.807, 2.05) is 24.8 Å². The molecule has 0 bridgehead atoms. The molecule has 5 nitrogen and oxygen atoms in total. The molecule has 1 heterocycles. The van der Waals surface area contributed by atoms with Crippen molar-refractivity contribution in [2.24, 2.45) is 0 Å². The molecule has 1 aromatic heterocycles. The second kappa shape index (κ2) is 6.83. The van der Waals surface area contributed by atoms with Gasteiger partial charge in [0.05, 0.1) is 13.7 Å². The van der Waals surface area contributed by atoms with Crippen LogP contribution in [-0.2, 0) is 9.53 Å². The minimum absolute atomic E-state index is 0.123. The summed E-state index contributed by atoms with van der Waals surface area (Å²) in [7, 11) is 1.59. The van der Waals surface area contributed by atoms with Gasteiger partial charge in [-0.15, -0.1) is 0 Å². The van der Waals surface area contributed by atoms with Crippen molar-refractivity contribution in [1.82, 2.24) is 4.98 Å².